The zero-order valence-electron chi connectivity index (χ0n) is 9.85. The van der Waals surface area contributed by atoms with Crippen LogP contribution in [-0.4, -0.2) is 26.3 Å². The molecule has 2 aromatic rings. The van der Waals surface area contributed by atoms with Gasteiger partial charge in [-0.1, -0.05) is 27.7 Å². The largest absolute Gasteiger partial charge is 0.323 e. The maximum atomic E-state index is 13.6. The van der Waals surface area contributed by atoms with Crippen LogP contribution in [0.25, 0.3) is 0 Å². The first kappa shape index (κ1) is 14.0. The summed E-state index contributed by atoms with van der Waals surface area (Å²) in [4.78, 5) is 15.8. The molecule has 0 saturated carbocycles. The molecule has 0 saturated heterocycles. The van der Waals surface area contributed by atoms with E-state index in [2.05, 4.69) is 36.4 Å². The molecule has 1 aromatic carbocycles. The lowest BCUT2D eigenvalue weighted by Gasteiger charge is -2.11. The smallest absolute Gasteiger partial charge is 0.237 e. The summed E-state index contributed by atoms with van der Waals surface area (Å²) in [5.41, 5.74) is 0.151. The van der Waals surface area contributed by atoms with Crippen molar-refractivity contribution in [3.63, 3.8) is 0 Å². The Hall–Kier alpha value is -1.41. The molecular weight excluding hydrogens is 335 g/mol. The third-order valence-electron chi connectivity index (χ3n) is 2.24. The summed E-state index contributed by atoms with van der Waals surface area (Å²) in [6.07, 6.45) is 1.36. The molecule has 2 rings (SSSR count). The maximum Gasteiger partial charge on any atom is 0.237 e. The third kappa shape index (κ3) is 3.77. The van der Waals surface area contributed by atoms with Gasteiger partial charge in [0.05, 0.1) is 10.9 Å². The number of amides is 1. The minimum atomic E-state index is -0.486. The average molecular weight is 345 g/mol. The summed E-state index contributed by atoms with van der Waals surface area (Å²) in [5.74, 6) is -0.790. The van der Waals surface area contributed by atoms with Crippen molar-refractivity contribution in [1.82, 2.24) is 15.2 Å². The molecular formula is C11H10BrFN4OS. The molecule has 1 unspecified atom stereocenters. The summed E-state index contributed by atoms with van der Waals surface area (Å²) in [5, 5.41) is 8.99. The van der Waals surface area contributed by atoms with Crippen LogP contribution in [-0.2, 0) is 4.79 Å². The van der Waals surface area contributed by atoms with Gasteiger partial charge in [-0.2, -0.15) is 5.10 Å². The molecule has 8 heteroatoms. The van der Waals surface area contributed by atoms with Gasteiger partial charge < -0.3 is 5.32 Å². The maximum absolute atomic E-state index is 13.6. The summed E-state index contributed by atoms with van der Waals surface area (Å²) in [6.45, 7) is 1.71. The van der Waals surface area contributed by atoms with E-state index in [0.717, 1.165) is 0 Å². The van der Waals surface area contributed by atoms with Crippen LogP contribution in [0.4, 0.5) is 10.1 Å². The number of H-pyrrole nitrogens is 1. The molecule has 0 spiro atoms. The summed E-state index contributed by atoms with van der Waals surface area (Å²) >= 11 is 4.37. The Labute approximate surface area is 121 Å². The van der Waals surface area contributed by atoms with E-state index in [1.54, 1.807) is 13.0 Å². The van der Waals surface area contributed by atoms with E-state index in [1.807, 2.05) is 0 Å². The molecule has 100 valence electrons. The normalized spacial score (nSPS) is 12.2. The fourth-order valence-electron chi connectivity index (χ4n) is 1.30. The van der Waals surface area contributed by atoms with Crippen LogP contribution in [0.3, 0.4) is 0 Å². The zero-order chi connectivity index (χ0) is 13.8. The van der Waals surface area contributed by atoms with Crippen LogP contribution in [0, 0.1) is 5.82 Å². The predicted octanol–water partition coefficient (Wildman–Crippen LogP) is 2.83. The second kappa shape index (κ2) is 6.16. The van der Waals surface area contributed by atoms with Gasteiger partial charge in [0.1, 0.15) is 12.1 Å². The van der Waals surface area contributed by atoms with E-state index >= 15 is 0 Å². The Morgan fingerprint density at radius 3 is 3.00 bits per heavy atom. The highest BCUT2D eigenvalue weighted by molar-refractivity contribution is 9.10. The molecule has 1 atom stereocenters. The Morgan fingerprint density at radius 2 is 2.37 bits per heavy atom. The van der Waals surface area contributed by atoms with Crippen molar-refractivity contribution in [2.75, 3.05) is 5.32 Å². The number of rotatable bonds is 4. The van der Waals surface area contributed by atoms with Crippen LogP contribution >= 0.6 is 27.7 Å². The molecule has 1 amide bonds. The van der Waals surface area contributed by atoms with Gasteiger partial charge >= 0.3 is 0 Å². The quantitative estimate of drug-likeness (QED) is 0.836. The van der Waals surface area contributed by atoms with E-state index in [-0.39, 0.29) is 11.6 Å². The highest BCUT2D eigenvalue weighted by Gasteiger charge is 2.17. The van der Waals surface area contributed by atoms with Crippen molar-refractivity contribution < 1.29 is 9.18 Å². The number of nitrogens with zero attached hydrogens (tertiary/aromatic N) is 2. The highest BCUT2D eigenvalue weighted by Crippen LogP contribution is 2.22. The summed E-state index contributed by atoms with van der Waals surface area (Å²) in [6, 6.07) is 4.46. The number of aromatic nitrogens is 3. The highest BCUT2D eigenvalue weighted by atomic mass is 79.9. The first-order valence-electron chi connectivity index (χ1n) is 5.34. The Balaban J connectivity index is 2.00. The van der Waals surface area contributed by atoms with Crippen molar-refractivity contribution in [2.24, 2.45) is 0 Å². The van der Waals surface area contributed by atoms with Crippen LogP contribution in [0.15, 0.2) is 34.2 Å². The van der Waals surface area contributed by atoms with E-state index in [4.69, 9.17) is 0 Å². The number of hydrogen-bond donors (Lipinski definition) is 2. The zero-order valence-corrected chi connectivity index (χ0v) is 12.3. The Morgan fingerprint density at radius 1 is 1.58 bits per heavy atom. The summed E-state index contributed by atoms with van der Waals surface area (Å²) in [7, 11) is 0. The van der Waals surface area contributed by atoms with Crippen molar-refractivity contribution in [3.05, 3.63) is 34.8 Å². The second-order valence-electron chi connectivity index (χ2n) is 3.66. The van der Waals surface area contributed by atoms with Gasteiger partial charge in [0, 0.05) is 4.47 Å². The number of benzene rings is 1. The number of carbonyl (C=O) groups is 1. The minimum Gasteiger partial charge on any atom is -0.323 e. The number of nitrogens with one attached hydrogen (secondary N) is 2. The van der Waals surface area contributed by atoms with Crippen molar-refractivity contribution >= 4 is 39.3 Å². The monoisotopic (exact) mass is 344 g/mol. The number of carbonyl (C=O) groups excluding carboxylic acids is 1. The second-order valence-corrected chi connectivity index (χ2v) is 5.91. The van der Waals surface area contributed by atoms with E-state index < -0.39 is 11.1 Å². The molecule has 0 aliphatic heterocycles. The van der Waals surface area contributed by atoms with Gasteiger partial charge in [0.25, 0.3) is 0 Å². The molecule has 2 N–H and O–H groups in total. The lowest BCUT2D eigenvalue weighted by Crippen LogP contribution is -2.23. The van der Waals surface area contributed by atoms with Gasteiger partial charge in [-0.3, -0.25) is 9.89 Å². The van der Waals surface area contributed by atoms with Gasteiger partial charge in [-0.25, -0.2) is 9.37 Å². The van der Waals surface area contributed by atoms with Crippen molar-refractivity contribution in [1.29, 1.82) is 0 Å². The topological polar surface area (TPSA) is 70.7 Å². The average Bonchev–Trinajstić information content (AvgIpc) is 2.85. The molecule has 1 aromatic heterocycles. The first-order chi connectivity index (χ1) is 9.06. The van der Waals surface area contributed by atoms with Gasteiger partial charge in [0.15, 0.2) is 5.16 Å². The van der Waals surface area contributed by atoms with Gasteiger partial charge in [-0.05, 0) is 25.1 Å². The summed E-state index contributed by atoms with van der Waals surface area (Å²) < 4.78 is 14.2. The number of hydrogen-bond acceptors (Lipinski definition) is 4. The van der Waals surface area contributed by atoms with Crippen LogP contribution in [0.1, 0.15) is 6.92 Å². The third-order valence-corrected chi connectivity index (χ3v) is 3.72. The minimum absolute atomic E-state index is 0.151. The van der Waals surface area contributed by atoms with Gasteiger partial charge in [-0.15, -0.1) is 0 Å². The lowest BCUT2D eigenvalue weighted by atomic mass is 10.3. The Kier molecular flexibility index (Phi) is 4.54. The standard InChI is InChI=1S/C11H10BrFN4OS/c1-6(19-11-14-5-15-17-11)10(18)16-9-3-2-7(12)4-8(9)13/h2-6H,1H3,(H,16,18)(H,14,15,17). The molecule has 0 aliphatic rings. The molecule has 0 bridgehead atoms. The number of anilines is 1. The van der Waals surface area contributed by atoms with E-state index in [1.165, 1.54) is 30.2 Å². The Bertz CT molecular complexity index is 578. The number of aromatic amines is 1. The molecule has 1 heterocycles. The van der Waals surface area contributed by atoms with E-state index in [0.29, 0.717) is 9.63 Å². The molecule has 19 heavy (non-hydrogen) atoms. The van der Waals surface area contributed by atoms with Crippen LogP contribution in [0.2, 0.25) is 0 Å². The van der Waals surface area contributed by atoms with Crippen LogP contribution < -0.4 is 5.32 Å². The fraction of sp³-hybridized carbons (Fsp3) is 0.182. The van der Waals surface area contributed by atoms with Crippen molar-refractivity contribution in [2.45, 2.75) is 17.3 Å². The SMILES string of the molecule is CC(Sc1ncn[nH]1)C(=O)Nc1ccc(Br)cc1F. The van der Waals surface area contributed by atoms with Gasteiger partial charge in [0.2, 0.25) is 5.91 Å². The number of thioether (sulfide) groups is 1. The van der Waals surface area contributed by atoms with E-state index in [9.17, 15) is 9.18 Å². The first-order valence-corrected chi connectivity index (χ1v) is 7.01. The molecule has 0 radical (unpaired) electrons. The molecule has 0 aliphatic carbocycles. The molecule has 0 fully saturated rings. The fourth-order valence-corrected chi connectivity index (χ4v) is 2.34. The van der Waals surface area contributed by atoms with Crippen LogP contribution in [0.5, 0.6) is 0 Å². The molecule has 5 nitrogen and oxygen atoms in total. The predicted molar refractivity (Wildman–Crippen MR) is 74.4 cm³/mol. The number of halogens is 2. The lowest BCUT2D eigenvalue weighted by molar-refractivity contribution is -0.115. The van der Waals surface area contributed by atoms with Crippen molar-refractivity contribution in [3.8, 4) is 0 Å².